The molecular formula is C27H23O6PS. The van der Waals surface area contributed by atoms with E-state index in [9.17, 15) is 13.0 Å². The van der Waals surface area contributed by atoms with Gasteiger partial charge in [0.25, 0.3) is 10.1 Å². The molecule has 5 rings (SSSR count). The van der Waals surface area contributed by atoms with E-state index in [0.29, 0.717) is 27.8 Å². The summed E-state index contributed by atoms with van der Waals surface area (Å²) in [6, 6.07) is 23.9. The average molecular weight is 507 g/mol. The number of para-hydroxylation sites is 1. The quantitative estimate of drug-likeness (QED) is 0.255. The molecule has 0 radical (unpaired) electrons. The Kier molecular flexibility index (Phi) is 5.93. The van der Waals surface area contributed by atoms with Crippen LogP contribution in [0.3, 0.4) is 0 Å². The zero-order chi connectivity index (χ0) is 24.7. The van der Waals surface area contributed by atoms with Crippen molar-refractivity contribution in [1.29, 1.82) is 0 Å². The summed E-state index contributed by atoms with van der Waals surface area (Å²) in [6.07, 6.45) is 0. The second-order valence-electron chi connectivity index (χ2n) is 7.99. The first-order valence-corrected chi connectivity index (χ1v) is 13.6. The monoisotopic (exact) mass is 506 g/mol. The van der Waals surface area contributed by atoms with Crippen LogP contribution in [0.1, 0.15) is 5.56 Å². The maximum atomic E-state index is 12.7. The highest BCUT2D eigenvalue weighted by Gasteiger charge is 2.23. The van der Waals surface area contributed by atoms with Crippen molar-refractivity contribution >= 4 is 49.8 Å². The Morgan fingerprint density at radius 1 is 0.829 bits per heavy atom. The van der Waals surface area contributed by atoms with Gasteiger partial charge in [0.05, 0.1) is 24.7 Å². The van der Waals surface area contributed by atoms with Gasteiger partial charge in [-0.2, -0.15) is 8.42 Å². The molecular weight excluding hydrogens is 483 g/mol. The second-order valence-corrected chi connectivity index (χ2v) is 11.5. The highest BCUT2D eigenvalue weighted by atomic mass is 32.2. The minimum Gasteiger partial charge on any atom is -0.496 e. The van der Waals surface area contributed by atoms with Gasteiger partial charge in [-0.1, -0.05) is 56.1 Å². The second kappa shape index (κ2) is 8.93. The van der Waals surface area contributed by atoms with Crippen molar-refractivity contribution in [2.24, 2.45) is 0 Å². The van der Waals surface area contributed by atoms with Crippen LogP contribution in [-0.4, -0.2) is 27.2 Å². The van der Waals surface area contributed by atoms with Crippen molar-refractivity contribution in [3.05, 3.63) is 84.4 Å². The van der Waals surface area contributed by atoms with Crippen molar-refractivity contribution in [2.75, 3.05) is 14.2 Å². The Morgan fingerprint density at radius 3 is 2.26 bits per heavy atom. The molecule has 6 nitrogen and oxygen atoms in total. The molecule has 1 unspecified atom stereocenters. The molecule has 178 valence electrons. The molecule has 8 heteroatoms. The summed E-state index contributed by atoms with van der Waals surface area (Å²) in [5, 5.41) is 3.72. The number of fused-ring (bicyclic) bond motifs is 4. The predicted molar refractivity (Wildman–Crippen MR) is 141 cm³/mol. The van der Waals surface area contributed by atoms with E-state index in [-0.39, 0.29) is 4.90 Å². The highest BCUT2D eigenvalue weighted by molar-refractivity contribution is 7.86. The topological polar surface area (TPSA) is 86.0 Å². The van der Waals surface area contributed by atoms with Gasteiger partial charge < -0.3 is 13.9 Å². The lowest BCUT2D eigenvalue weighted by Gasteiger charge is -2.17. The van der Waals surface area contributed by atoms with Crippen molar-refractivity contribution in [3.63, 3.8) is 0 Å². The zero-order valence-electron chi connectivity index (χ0n) is 19.3. The van der Waals surface area contributed by atoms with E-state index < -0.39 is 17.7 Å². The van der Waals surface area contributed by atoms with Crippen LogP contribution in [0.5, 0.6) is 11.5 Å². The third kappa shape index (κ3) is 3.92. The Bertz CT molecular complexity index is 1760. The number of ether oxygens (including phenoxy) is 2. The molecule has 0 aliphatic heterocycles. The van der Waals surface area contributed by atoms with Crippen LogP contribution >= 0.6 is 7.53 Å². The summed E-state index contributed by atoms with van der Waals surface area (Å²) in [7, 11) is -2.94. The van der Waals surface area contributed by atoms with Crippen molar-refractivity contribution < 1.29 is 26.9 Å². The van der Waals surface area contributed by atoms with E-state index in [1.165, 1.54) is 6.07 Å². The Balaban J connectivity index is 2.26. The number of benzene rings is 4. The molecule has 0 bridgehead atoms. The fourth-order valence-electron chi connectivity index (χ4n) is 4.41. The lowest BCUT2D eigenvalue weighted by atomic mass is 10.1. The maximum Gasteiger partial charge on any atom is 0.295 e. The fourth-order valence-corrected chi connectivity index (χ4v) is 8.35. The smallest absolute Gasteiger partial charge is 0.295 e. The van der Waals surface area contributed by atoms with Gasteiger partial charge >= 0.3 is 0 Å². The van der Waals surface area contributed by atoms with Gasteiger partial charge in [-0.3, -0.25) is 4.55 Å². The normalized spacial score (nSPS) is 12.2. The minimum absolute atomic E-state index is 0.184. The van der Waals surface area contributed by atoms with E-state index in [2.05, 4.69) is 0 Å². The van der Waals surface area contributed by atoms with E-state index in [1.54, 1.807) is 20.3 Å². The summed E-state index contributed by atoms with van der Waals surface area (Å²) < 4.78 is 53.5. The van der Waals surface area contributed by atoms with Crippen LogP contribution in [0.4, 0.5) is 0 Å². The van der Waals surface area contributed by atoms with Crippen molar-refractivity contribution in [3.8, 4) is 16.8 Å². The number of rotatable bonds is 4. The molecule has 5 aromatic rings. The first-order chi connectivity index (χ1) is 16.8. The van der Waals surface area contributed by atoms with Crippen LogP contribution in [0.2, 0.25) is 0 Å². The third-order valence-corrected chi connectivity index (χ3v) is 9.61. The number of methoxy groups -OCH3 is 2. The molecule has 0 aliphatic rings. The first kappa shape index (κ1) is 23.2. The fraction of sp³-hybridized carbons (Fsp3) is 0.111. The third-order valence-electron chi connectivity index (χ3n) is 5.95. The van der Waals surface area contributed by atoms with Crippen molar-refractivity contribution in [1.82, 2.24) is 0 Å². The molecule has 0 spiro atoms. The maximum absolute atomic E-state index is 12.7. The van der Waals surface area contributed by atoms with Gasteiger partial charge in [0.2, 0.25) is 0 Å². The lowest BCUT2D eigenvalue weighted by Crippen LogP contribution is -1.99. The Hall–Kier alpha value is -3.51. The molecule has 0 saturated carbocycles. The molecule has 1 aromatic heterocycles. The highest BCUT2D eigenvalue weighted by Crippen LogP contribution is 2.56. The largest absolute Gasteiger partial charge is 0.496 e. The average Bonchev–Trinajstić information content (AvgIpc) is 2.84. The molecule has 0 fully saturated rings. The number of aryl methyl sites for hydroxylation is 1. The summed E-state index contributed by atoms with van der Waals surface area (Å²) in [5.41, 5.74) is 1.66. The zero-order valence-corrected chi connectivity index (χ0v) is 21.1. The summed E-state index contributed by atoms with van der Waals surface area (Å²) in [6.45, 7) is 1.86. The SMILES string of the molecule is COc1ccccc1-p1c2ccccc2c2c(OC)cccc2oc2c(C)ccc(S(=O)(=O)O)c21. The number of hydrogen-bond acceptors (Lipinski definition) is 5. The van der Waals surface area contributed by atoms with E-state index >= 15 is 0 Å². The van der Waals surface area contributed by atoms with Crippen LogP contribution in [-0.2, 0) is 10.1 Å². The van der Waals surface area contributed by atoms with E-state index in [4.69, 9.17) is 13.9 Å². The van der Waals surface area contributed by atoms with Crippen LogP contribution in [0.15, 0.2) is 88.2 Å². The van der Waals surface area contributed by atoms with Gasteiger partial charge in [0, 0.05) is 15.8 Å². The van der Waals surface area contributed by atoms with E-state index in [0.717, 1.165) is 26.8 Å². The van der Waals surface area contributed by atoms with Gasteiger partial charge in [0.1, 0.15) is 27.6 Å². The summed E-state index contributed by atoms with van der Waals surface area (Å²) in [5.74, 6) is 1.25. The molecule has 35 heavy (non-hydrogen) atoms. The molecule has 1 heterocycles. The van der Waals surface area contributed by atoms with E-state index in [1.807, 2.05) is 73.7 Å². The molecule has 0 aliphatic carbocycles. The van der Waals surface area contributed by atoms with Crippen molar-refractivity contribution in [2.45, 2.75) is 11.8 Å². The molecule has 1 atom stereocenters. The molecule has 0 amide bonds. The first-order valence-electron chi connectivity index (χ1n) is 10.8. The lowest BCUT2D eigenvalue weighted by molar-refractivity contribution is 0.417. The molecule has 1 N–H and O–H groups in total. The van der Waals surface area contributed by atoms with Crippen LogP contribution < -0.4 is 9.47 Å². The molecule has 4 aromatic carbocycles. The van der Waals surface area contributed by atoms with Gasteiger partial charge in [-0.15, -0.1) is 0 Å². The summed E-state index contributed by atoms with van der Waals surface area (Å²) >= 11 is 0. The Morgan fingerprint density at radius 2 is 1.51 bits per heavy atom. The Labute approximate surface area is 203 Å². The number of hydrogen-bond donors (Lipinski definition) is 1. The minimum atomic E-state index is -4.57. The van der Waals surface area contributed by atoms with Gasteiger partial charge in [-0.25, -0.2) is 0 Å². The predicted octanol–water partition coefficient (Wildman–Crippen LogP) is 7.41. The van der Waals surface area contributed by atoms with Gasteiger partial charge in [-0.05, 0) is 42.8 Å². The molecule has 0 saturated heterocycles. The van der Waals surface area contributed by atoms with Crippen LogP contribution in [0.25, 0.3) is 37.5 Å². The van der Waals surface area contributed by atoms with Crippen LogP contribution in [0, 0.1) is 6.92 Å². The standard InChI is InChI=1S/C27H23O6PS/c1-17-15-16-24(35(28,29)30)27-26(17)33-21-12-8-11-20(32-3)25(21)18-9-4-6-13-22(18)34(27)23-14-7-5-10-19(23)31-2/h4-16H,1-3H3,(H,28,29,30). The summed E-state index contributed by atoms with van der Waals surface area (Å²) in [4.78, 5) is -0.184. The van der Waals surface area contributed by atoms with Gasteiger partial charge in [0.15, 0.2) is 0 Å².